The third-order valence-corrected chi connectivity index (χ3v) is 52.9. The molecule has 141 heavy (non-hydrogen) atoms. The van der Waals surface area contributed by atoms with Gasteiger partial charge in [0.1, 0.15) is 3.70 Å². The molecule has 28 nitrogen and oxygen atoms in total. The molecular formula is C92H124Br2Cl7F6I2N11O17S2Sn2. The van der Waals surface area contributed by atoms with Gasteiger partial charge in [0.25, 0.3) is 0 Å². The van der Waals surface area contributed by atoms with Gasteiger partial charge in [0.05, 0.1) is 110 Å². The van der Waals surface area contributed by atoms with Crippen molar-refractivity contribution < 1.29 is 108 Å². The van der Waals surface area contributed by atoms with Crippen LogP contribution in [-0.2, 0) is 69.1 Å². The number of hydrogen-bond donors (Lipinski definition) is 6. The number of halogens is 17. The molecule has 1 saturated heterocycles. The number of carboxylic acids is 3. The molecule has 49 heteroatoms. The van der Waals surface area contributed by atoms with Gasteiger partial charge in [-0.25, -0.2) is 65.1 Å². The number of ether oxygens (including phenoxy) is 3. The maximum absolute atomic E-state index is 13.7. The van der Waals surface area contributed by atoms with Gasteiger partial charge in [-0.05, 0) is 125 Å². The van der Waals surface area contributed by atoms with Crippen LogP contribution in [0.4, 0.5) is 26.3 Å². The quantitative estimate of drug-likeness (QED) is 0.00407. The van der Waals surface area contributed by atoms with Gasteiger partial charge in [-0.1, -0.05) is 103 Å². The largest absolute Gasteiger partial charge is 0.478 e. The number of nitrogens with zero attached hydrogens (tertiary/aromatic N) is 11. The number of aryl methyl sites for hydroxylation is 5. The second kappa shape index (κ2) is 77.8. The Balaban J connectivity index is -0.00000151. The van der Waals surface area contributed by atoms with Crippen molar-refractivity contribution in [2.45, 2.75) is 172 Å². The van der Waals surface area contributed by atoms with E-state index in [0.29, 0.717) is 31.5 Å². The van der Waals surface area contributed by atoms with Gasteiger partial charge >= 0.3 is 288 Å². The summed E-state index contributed by atoms with van der Waals surface area (Å²) in [4.78, 5) is 79.6. The van der Waals surface area contributed by atoms with Gasteiger partial charge in [-0.15, -0.1) is 0 Å². The van der Waals surface area contributed by atoms with Crippen molar-refractivity contribution >= 4 is 256 Å². The van der Waals surface area contributed by atoms with Crippen LogP contribution in [0, 0.1) is 32.8 Å². The molecule has 1 fully saturated rings. The average Bonchev–Trinajstić information content (AvgIpc) is 1.54. The molecule has 0 amide bonds. The van der Waals surface area contributed by atoms with Gasteiger partial charge in [-0.2, -0.15) is 8.42 Å². The van der Waals surface area contributed by atoms with E-state index in [-0.39, 0.29) is 43.7 Å². The summed E-state index contributed by atoms with van der Waals surface area (Å²) in [6, 6.07) is 14.3. The predicted octanol–water partition coefficient (Wildman–Crippen LogP) is 27.1. The Morgan fingerprint density at radius 2 is 0.787 bits per heavy atom. The molecule has 2 aliphatic rings. The zero-order valence-electron chi connectivity index (χ0n) is 80.6. The number of hydrogen-bond acceptors (Lipinski definition) is 18. The smallest absolute Gasteiger partial charge is 0.394 e. The third-order valence-electron chi connectivity index (χ3n) is 19.2. The zero-order valence-corrected chi connectivity index (χ0v) is 99.7. The number of carboxylic acid groups (broad SMARTS) is 3. The predicted molar refractivity (Wildman–Crippen MR) is 583 cm³/mol. The molecule has 0 atom stereocenters. The van der Waals surface area contributed by atoms with Crippen LogP contribution in [0.5, 0.6) is 0 Å². The first-order valence-corrected chi connectivity index (χ1v) is 67.6. The number of aliphatic hydroxyl groups excluding tert-OH is 1. The van der Waals surface area contributed by atoms with Crippen LogP contribution in [0.1, 0.15) is 198 Å². The number of benzene rings is 5. The molecule has 6 N–H and O–H groups in total. The fourth-order valence-electron chi connectivity index (χ4n) is 12.4. The van der Waals surface area contributed by atoms with Crippen molar-refractivity contribution in [2.75, 3.05) is 41.7 Å². The number of esters is 2. The number of aromatic carboxylic acids is 3. The van der Waals surface area contributed by atoms with E-state index in [1.807, 2.05) is 43.7 Å². The number of unbranched alkanes of at least 4 members (excludes halogenated alkanes) is 6. The van der Waals surface area contributed by atoms with E-state index in [1.165, 1.54) is 185 Å². The molecule has 0 spiro atoms. The molecule has 0 radical (unpaired) electrons. The van der Waals surface area contributed by atoms with Crippen LogP contribution in [0.3, 0.4) is 0 Å². The van der Waals surface area contributed by atoms with E-state index in [4.69, 9.17) is 116 Å². The number of aromatic nitrogens is 10. The van der Waals surface area contributed by atoms with Crippen molar-refractivity contribution in [3.63, 3.8) is 0 Å². The van der Waals surface area contributed by atoms with Crippen molar-refractivity contribution in [3.05, 3.63) is 234 Å². The molecule has 10 aromatic rings. The summed E-state index contributed by atoms with van der Waals surface area (Å²) >= 11 is 33.7. The Morgan fingerprint density at radius 1 is 0.496 bits per heavy atom. The summed E-state index contributed by atoms with van der Waals surface area (Å²) < 4.78 is 161. The number of imidazole rings is 5. The molecule has 2 aliphatic heterocycles. The van der Waals surface area contributed by atoms with Crippen LogP contribution in [0.15, 0.2) is 153 Å². The molecule has 0 unspecified atom stereocenters. The van der Waals surface area contributed by atoms with Gasteiger partial charge in [-0.3, -0.25) is 18.5 Å². The number of aliphatic imine (C=N–C) groups is 1. The molecule has 0 bridgehead atoms. The second-order valence-corrected chi connectivity index (χ2v) is 65.5. The number of alkyl halides is 1. The minimum atomic E-state index is -4.67. The fourth-order valence-corrected chi connectivity index (χ4v) is 46.6. The number of aliphatic hydroxyl groups is 1. The van der Waals surface area contributed by atoms with Gasteiger partial charge in [0.15, 0.2) is 29.1 Å². The molecule has 7 heterocycles. The van der Waals surface area contributed by atoms with Crippen molar-refractivity contribution in [2.24, 2.45) is 40.2 Å². The Kier molecular flexibility index (Phi) is 75.9. The van der Waals surface area contributed by atoms with Crippen LogP contribution in [0.25, 0.3) is 22.5 Å². The van der Waals surface area contributed by atoms with E-state index in [0.717, 1.165) is 46.3 Å². The minimum absolute atomic E-state index is 0. The first-order valence-electron chi connectivity index (χ1n) is 43.5. The average molecular weight is 2730 g/mol. The maximum Gasteiger partial charge on any atom is 0.394 e. The number of rotatable bonds is 27. The van der Waals surface area contributed by atoms with Gasteiger partial charge in [0, 0.05) is 114 Å². The van der Waals surface area contributed by atoms with E-state index in [9.17, 15) is 50.3 Å². The van der Waals surface area contributed by atoms with Crippen LogP contribution >= 0.6 is 156 Å². The first kappa shape index (κ1) is 138. The minimum Gasteiger partial charge on any atom is -0.478 e. The van der Waals surface area contributed by atoms with Crippen molar-refractivity contribution in [1.29, 1.82) is 0 Å². The fraction of sp³-hybridized carbons (Fsp3) is 0.424. The molecule has 0 aliphatic carbocycles. The summed E-state index contributed by atoms with van der Waals surface area (Å²) in [6.07, 6.45) is 43.2. The monoisotopic (exact) mass is 2730 g/mol. The Morgan fingerprint density at radius 3 is 1.03 bits per heavy atom. The van der Waals surface area contributed by atoms with Crippen molar-refractivity contribution in [1.82, 2.24) is 47.8 Å². The second-order valence-electron chi connectivity index (χ2n) is 29.9. The summed E-state index contributed by atoms with van der Waals surface area (Å²) in [5, 5.41) is 31.9. The Labute approximate surface area is 912 Å². The Bertz CT molecular complexity index is 5490. The van der Waals surface area contributed by atoms with Gasteiger partial charge in [0.2, 0.25) is 9.23 Å². The Hall–Kier alpha value is -5.52. The summed E-state index contributed by atoms with van der Waals surface area (Å²) in [6.45, 7) is 16.0. The first-order chi connectivity index (χ1) is 66.4. The van der Waals surface area contributed by atoms with Gasteiger partial charge < -0.3 is 48.3 Å². The van der Waals surface area contributed by atoms with Crippen molar-refractivity contribution in [3.8, 4) is 22.5 Å². The third kappa shape index (κ3) is 57.0. The number of carbonyl (C=O) groups excluding carboxylic acids is 2. The van der Waals surface area contributed by atoms with E-state index in [1.54, 1.807) is 55.0 Å². The zero-order chi connectivity index (χ0) is 108. The maximum atomic E-state index is 13.7. The topological polar surface area (TPSA) is 387 Å². The van der Waals surface area contributed by atoms with Crippen LogP contribution < -0.4 is 7.42 Å². The molecule has 12 rings (SSSR count). The molecule has 5 aromatic carbocycles. The van der Waals surface area contributed by atoms with Crippen LogP contribution in [-0.4, -0.2) is 204 Å². The normalized spacial score (nSPS) is 11.3. The summed E-state index contributed by atoms with van der Waals surface area (Å²) in [5.74, 6) is -9.82. The van der Waals surface area contributed by atoms with E-state index >= 15 is 0 Å². The summed E-state index contributed by atoms with van der Waals surface area (Å²) in [7, 11) is 14.8. The van der Waals surface area contributed by atoms with E-state index in [2.05, 4.69) is 211 Å². The van der Waals surface area contributed by atoms with Crippen LogP contribution in [0.2, 0.25) is 51.7 Å². The molecule has 0 saturated carbocycles. The molecular weight excluding hydrogens is 2610 g/mol. The number of methoxy groups -OCH3 is 2. The SMILES string of the molecule is C.C1CCOC1.CCC[CH2][Sn]([CH2]CCC)([CH2]CCC)[c]1cn(C)cn1.CCC[CH2][Sn]([CH2]CCC)([CH2]CCC)[c]1cn(C)cn1.CO.COC(=O)c1cc(-c2cn(C)cn2)cc(Cl)c1F.COC(=O)c1cc(Br)cc(Cl)c1F.Cn1cnc(-c2cc(Cl)c(F)c(C(=O)O)c2)c1.Cn1cnc(I)c1.IC1=CCC=N1.O=C(O)c1cc(Br)cc(Cl)c1F.O=C(O)c1cccc(Cl)c1F.O=S(=O)(O)O.O=S(Cl)Cl.[2H]CF. The summed E-state index contributed by atoms with van der Waals surface area (Å²) in [5.41, 5.74) is 0.482. The number of carbonyl (C=O) groups is 5. The molecule has 5 aromatic heterocycles. The van der Waals surface area contributed by atoms with E-state index < -0.39 is 139 Å². The number of allylic oxidation sites excluding steroid dienone is 1. The standard InChI is InChI=1S/C12H10ClFN2O2.C11H8ClFN2O2.C8H5BrClFO2.C7H3BrClFO2.C7H4ClFO2.C4H5IN2.C4H4IN.2C4H5N2.C4H8O.6C4H9.CH3F.CH4O.CH4.Cl2OS.H2O4S.2Sn/c1-16-5-10(15-6-16)7-3-8(12(17)18-2)11(14)9(13)4-7;1-15-4-9(14-5-15)6-2-7(11(16)17)10(13)8(12)3-6;1-13-8(12)5-2-4(9)3-6(10)7(5)11;8-3-1-4(7(11)12)6(10)5(9)2-3;8-5-3-1-2-4(6(5)9)7(10)11;1-7-2-4(5)6-3-7;5-4-2-1-3-6-4;2*1-6-3-2-5-4-6;1-2-4-5-3-1;6*1-3-4-2;2*1-2;;1-4(2)3;1-5(2,3)4;;/h3-6H,1-2H3;2-5H,1H3,(H,16,17);2-3H,1H3;1-2H,(H,11,12);1-3H,(H,10,11);2-3H,1H3;2-3H,1H2;2*3-4H,1H3;1-4H2;6*1,3-4H2,2H3;1H3;2H,1H3;1H4;;(H2,1,2,3,4);;/i;;;;;;;;;;;;;;;;1D;;;;;;. The molecule has 788 valence electrons.